The first kappa shape index (κ1) is 7.01. The Kier molecular flexibility index (Phi) is 3.66. The number of aliphatic imine (C=N–C) groups is 2. The van der Waals surface area contributed by atoms with E-state index in [0.717, 1.165) is 12.1 Å². The second-order valence-electron chi connectivity index (χ2n) is 1.29. The minimum atomic E-state index is 0.752. The molecule has 44 valence electrons. The van der Waals surface area contributed by atoms with E-state index < -0.39 is 0 Å². The van der Waals surface area contributed by atoms with Gasteiger partial charge in [-0.15, -0.1) is 0 Å². The zero-order valence-electron chi connectivity index (χ0n) is 5.05. The summed E-state index contributed by atoms with van der Waals surface area (Å²) in [6, 6.07) is 0. The van der Waals surface area contributed by atoms with Gasteiger partial charge in [-0.2, -0.15) is 0 Å². The van der Waals surface area contributed by atoms with Gasteiger partial charge in [0, 0.05) is 13.3 Å². The highest BCUT2D eigenvalue weighted by atomic mass is 14.8. The van der Waals surface area contributed by atoms with Crippen LogP contribution in [0.15, 0.2) is 9.98 Å². The average molecular weight is 111 g/mol. The number of rotatable bonds is 2. The van der Waals surface area contributed by atoms with Crippen LogP contribution in [0.5, 0.6) is 0 Å². The van der Waals surface area contributed by atoms with Crippen molar-refractivity contribution in [1.29, 1.82) is 5.41 Å². The molecule has 0 saturated heterocycles. The number of nitrogens with zero attached hydrogens (tertiary/aromatic N) is 2. The summed E-state index contributed by atoms with van der Waals surface area (Å²) in [6.07, 6.45) is 2.60. The zero-order chi connectivity index (χ0) is 6.41. The Hall–Kier alpha value is -0.990. The van der Waals surface area contributed by atoms with E-state index in [1.807, 2.05) is 0 Å². The van der Waals surface area contributed by atoms with Crippen LogP contribution in [0.25, 0.3) is 0 Å². The Balaban J connectivity index is 3.79. The molecule has 3 nitrogen and oxygen atoms in total. The number of nitrogens with one attached hydrogen (secondary N) is 1. The summed E-state index contributed by atoms with van der Waals surface area (Å²) >= 11 is 0. The van der Waals surface area contributed by atoms with Gasteiger partial charge < -0.3 is 0 Å². The molecular formula is C5H9N3. The van der Waals surface area contributed by atoms with E-state index in [1.165, 1.54) is 0 Å². The van der Waals surface area contributed by atoms with Crippen LogP contribution in [0.1, 0.15) is 6.92 Å². The molecule has 0 radical (unpaired) electrons. The van der Waals surface area contributed by atoms with Gasteiger partial charge in [-0.1, -0.05) is 0 Å². The van der Waals surface area contributed by atoms with E-state index in [0.29, 0.717) is 0 Å². The summed E-state index contributed by atoms with van der Waals surface area (Å²) in [4.78, 5) is 7.32. The second-order valence-corrected chi connectivity index (χ2v) is 1.29. The molecule has 0 rings (SSSR count). The van der Waals surface area contributed by atoms with Crippen LogP contribution >= 0.6 is 0 Å². The van der Waals surface area contributed by atoms with Gasteiger partial charge in [0.05, 0.1) is 5.71 Å². The van der Waals surface area contributed by atoms with Crippen LogP contribution in [-0.4, -0.2) is 25.3 Å². The van der Waals surface area contributed by atoms with E-state index in [-0.39, 0.29) is 0 Å². The van der Waals surface area contributed by atoms with Crippen molar-refractivity contribution in [3.8, 4) is 0 Å². The smallest absolute Gasteiger partial charge is 0.107 e. The first-order valence-corrected chi connectivity index (χ1v) is 2.26. The molecule has 0 aromatic heterocycles. The highest BCUT2D eigenvalue weighted by Crippen LogP contribution is 1.67. The molecule has 8 heavy (non-hydrogen) atoms. The molecule has 0 unspecified atom stereocenters. The van der Waals surface area contributed by atoms with Gasteiger partial charge in [0.25, 0.3) is 0 Å². The van der Waals surface area contributed by atoms with Crippen molar-refractivity contribution in [1.82, 2.24) is 0 Å². The maximum absolute atomic E-state index is 6.54. The Labute approximate surface area is 48.7 Å². The van der Waals surface area contributed by atoms with Crippen molar-refractivity contribution in [3.63, 3.8) is 0 Å². The fourth-order valence-electron chi connectivity index (χ4n) is 0.322. The lowest BCUT2D eigenvalue weighted by Gasteiger charge is -1.80. The third-order valence-electron chi connectivity index (χ3n) is 0.584. The van der Waals surface area contributed by atoms with Crippen molar-refractivity contribution in [3.05, 3.63) is 0 Å². The maximum Gasteiger partial charge on any atom is 0.107 e. The molecule has 0 heterocycles. The lowest BCUT2D eigenvalue weighted by molar-refractivity contribution is 1.47. The minimum Gasteiger partial charge on any atom is -0.295 e. The number of hydrogen-bond acceptors (Lipinski definition) is 2. The predicted molar refractivity (Wildman–Crippen MR) is 36.3 cm³/mol. The molecule has 0 bridgehead atoms. The van der Waals surface area contributed by atoms with Crippen molar-refractivity contribution in [2.75, 3.05) is 7.05 Å². The molecule has 0 aliphatic carbocycles. The van der Waals surface area contributed by atoms with Crippen molar-refractivity contribution < 1.29 is 0 Å². The van der Waals surface area contributed by atoms with Gasteiger partial charge in [0.2, 0.25) is 0 Å². The van der Waals surface area contributed by atoms with Crippen LogP contribution in [0, 0.1) is 5.41 Å². The topological polar surface area (TPSA) is 48.6 Å². The third-order valence-corrected chi connectivity index (χ3v) is 0.584. The average Bonchev–Trinajstić information content (AvgIpc) is 1.68. The SMILES string of the molecule is CN=CC(C)=NC=N. The largest absolute Gasteiger partial charge is 0.295 e. The molecule has 0 fully saturated rings. The quantitative estimate of drug-likeness (QED) is 0.404. The molecule has 0 atom stereocenters. The first-order valence-electron chi connectivity index (χ1n) is 2.26. The number of hydrogen-bond donors (Lipinski definition) is 1. The van der Waals surface area contributed by atoms with E-state index in [4.69, 9.17) is 5.41 Å². The fraction of sp³-hybridized carbons (Fsp3) is 0.400. The molecule has 0 amide bonds. The van der Waals surface area contributed by atoms with Gasteiger partial charge >= 0.3 is 0 Å². The molecule has 0 aliphatic rings. The van der Waals surface area contributed by atoms with Gasteiger partial charge in [-0.25, -0.2) is 4.99 Å². The van der Waals surface area contributed by atoms with Crippen molar-refractivity contribution >= 4 is 18.3 Å². The summed E-state index contributed by atoms with van der Waals surface area (Å²) in [5.74, 6) is 0. The van der Waals surface area contributed by atoms with Gasteiger partial charge in [-0.3, -0.25) is 10.4 Å². The van der Waals surface area contributed by atoms with Gasteiger partial charge in [0.1, 0.15) is 6.34 Å². The molecule has 0 aromatic carbocycles. The van der Waals surface area contributed by atoms with Crippen LogP contribution in [-0.2, 0) is 0 Å². The first-order chi connectivity index (χ1) is 3.81. The normalized spacial score (nSPS) is 12.5. The summed E-state index contributed by atoms with van der Waals surface area (Å²) in [5, 5.41) is 6.54. The van der Waals surface area contributed by atoms with E-state index in [2.05, 4.69) is 9.98 Å². The van der Waals surface area contributed by atoms with E-state index >= 15 is 0 Å². The van der Waals surface area contributed by atoms with Crippen LogP contribution in [0.4, 0.5) is 0 Å². The third kappa shape index (κ3) is 3.21. The standard InChI is InChI=1S/C5H9N3/c1-5(3-7-2)8-4-6/h3-4,6H,1-2H3. The highest BCUT2D eigenvalue weighted by molar-refractivity contribution is 6.30. The molecule has 0 aromatic rings. The van der Waals surface area contributed by atoms with Crippen molar-refractivity contribution in [2.45, 2.75) is 6.92 Å². The van der Waals surface area contributed by atoms with E-state index in [1.54, 1.807) is 20.2 Å². The summed E-state index contributed by atoms with van der Waals surface area (Å²) in [6.45, 7) is 1.79. The maximum atomic E-state index is 6.54. The Morgan fingerprint density at radius 1 is 1.62 bits per heavy atom. The minimum absolute atomic E-state index is 0.752. The monoisotopic (exact) mass is 111 g/mol. The molecular weight excluding hydrogens is 102 g/mol. The summed E-state index contributed by atoms with van der Waals surface area (Å²) in [5.41, 5.74) is 0.752. The highest BCUT2D eigenvalue weighted by Gasteiger charge is 1.75. The summed E-state index contributed by atoms with van der Waals surface area (Å²) in [7, 11) is 1.67. The second kappa shape index (κ2) is 4.18. The molecule has 1 N–H and O–H groups in total. The van der Waals surface area contributed by atoms with E-state index in [9.17, 15) is 0 Å². The predicted octanol–water partition coefficient (Wildman–Crippen LogP) is 0.755. The zero-order valence-corrected chi connectivity index (χ0v) is 5.05. The van der Waals surface area contributed by atoms with Crippen LogP contribution in [0.2, 0.25) is 0 Å². The lowest BCUT2D eigenvalue weighted by Crippen LogP contribution is -1.90. The molecule has 0 spiro atoms. The van der Waals surface area contributed by atoms with Crippen LogP contribution in [0.3, 0.4) is 0 Å². The molecule has 0 saturated carbocycles. The molecule has 0 aliphatic heterocycles. The Morgan fingerprint density at radius 2 is 2.25 bits per heavy atom. The van der Waals surface area contributed by atoms with Crippen LogP contribution < -0.4 is 0 Å². The van der Waals surface area contributed by atoms with Gasteiger partial charge in [-0.05, 0) is 6.92 Å². The Morgan fingerprint density at radius 3 is 2.62 bits per heavy atom. The van der Waals surface area contributed by atoms with Crippen molar-refractivity contribution in [2.24, 2.45) is 9.98 Å². The molecule has 3 heteroatoms. The summed E-state index contributed by atoms with van der Waals surface area (Å²) < 4.78 is 0. The lowest BCUT2D eigenvalue weighted by atomic mass is 10.5. The Bertz CT molecular complexity index is 124. The fourth-order valence-corrected chi connectivity index (χ4v) is 0.322. The van der Waals surface area contributed by atoms with Gasteiger partial charge in [0.15, 0.2) is 0 Å².